The summed E-state index contributed by atoms with van der Waals surface area (Å²) in [6.45, 7) is 1.73. The first-order chi connectivity index (χ1) is 11.8. The molecule has 0 aliphatic heterocycles. The Bertz CT molecular complexity index is 825. The van der Waals surface area contributed by atoms with E-state index in [0.29, 0.717) is 17.1 Å². The predicted molar refractivity (Wildman–Crippen MR) is 84.8 cm³/mol. The second-order valence-corrected chi connectivity index (χ2v) is 5.97. The highest BCUT2D eigenvalue weighted by molar-refractivity contribution is 5.91. The van der Waals surface area contributed by atoms with Crippen LogP contribution in [0.15, 0.2) is 29.1 Å². The molecule has 0 aromatic carbocycles. The number of anilines is 1. The van der Waals surface area contributed by atoms with Gasteiger partial charge >= 0.3 is 0 Å². The summed E-state index contributed by atoms with van der Waals surface area (Å²) in [5, 5.41) is 8.42. The van der Waals surface area contributed by atoms with Crippen LogP contribution in [0.25, 0.3) is 0 Å². The van der Waals surface area contributed by atoms with Crippen molar-refractivity contribution in [3.63, 3.8) is 0 Å². The number of nitrogens with zero attached hydrogens (tertiary/aromatic N) is 2. The van der Waals surface area contributed by atoms with Gasteiger partial charge < -0.3 is 10.1 Å². The van der Waals surface area contributed by atoms with Gasteiger partial charge in [-0.05, 0) is 13.0 Å². The fourth-order valence-corrected chi connectivity index (χ4v) is 2.51. The number of rotatable bonds is 5. The Morgan fingerprint density at radius 3 is 2.80 bits per heavy atom. The molecule has 1 saturated carbocycles. The number of H-pyrrole nitrogens is 1. The summed E-state index contributed by atoms with van der Waals surface area (Å²) >= 11 is 0. The zero-order valence-corrected chi connectivity index (χ0v) is 13.4. The number of halogens is 2. The highest BCUT2D eigenvalue weighted by Gasteiger charge is 2.47. The van der Waals surface area contributed by atoms with Gasteiger partial charge in [-0.1, -0.05) is 0 Å². The number of carbonyl (C=O) groups excluding carboxylic acids is 1. The highest BCUT2D eigenvalue weighted by atomic mass is 19.3. The van der Waals surface area contributed by atoms with E-state index in [1.807, 2.05) is 0 Å². The summed E-state index contributed by atoms with van der Waals surface area (Å²) in [4.78, 5) is 27.2. The van der Waals surface area contributed by atoms with E-state index in [9.17, 15) is 18.4 Å². The first kappa shape index (κ1) is 17.0. The number of nitrogens with one attached hydrogen (secondary N) is 2. The van der Waals surface area contributed by atoms with Crippen LogP contribution in [0.2, 0.25) is 0 Å². The summed E-state index contributed by atoms with van der Waals surface area (Å²) in [6.07, 6.45) is -1.17. The first-order valence-corrected chi connectivity index (χ1v) is 7.67. The molecule has 132 valence electrons. The fraction of sp³-hybridized carbons (Fsp3) is 0.375. The number of ether oxygens (including phenoxy) is 1. The van der Waals surface area contributed by atoms with Crippen molar-refractivity contribution in [3.8, 4) is 5.75 Å². The van der Waals surface area contributed by atoms with Gasteiger partial charge in [0.25, 0.3) is 11.5 Å². The van der Waals surface area contributed by atoms with Gasteiger partial charge in [0.1, 0.15) is 11.9 Å². The number of aromatic amines is 1. The summed E-state index contributed by atoms with van der Waals surface area (Å²) in [7, 11) is 0. The number of aromatic nitrogens is 3. The molecule has 2 aromatic rings. The molecule has 2 aromatic heterocycles. The lowest BCUT2D eigenvalue weighted by Crippen LogP contribution is -2.43. The largest absolute Gasteiger partial charge is 0.490 e. The number of alkyl halides is 2. The lowest BCUT2D eigenvalue weighted by Gasteiger charge is -2.34. The molecule has 9 heteroatoms. The number of aryl methyl sites for hydroxylation is 1. The number of hydrogen-bond acceptors (Lipinski definition) is 5. The van der Waals surface area contributed by atoms with Crippen LogP contribution < -0.4 is 15.6 Å². The third-order valence-electron chi connectivity index (χ3n) is 3.62. The Morgan fingerprint density at radius 1 is 1.40 bits per heavy atom. The molecular formula is C16H16F2N4O3. The van der Waals surface area contributed by atoms with E-state index < -0.39 is 12.0 Å². The SMILES string of the molecule is Cc1cc(OC2CC(F)(F)C2)cc(CC(=O)Nc2ccc(=O)[nH]n2)n1. The highest BCUT2D eigenvalue weighted by Crippen LogP contribution is 2.39. The Kier molecular flexibility index (Phi) is 4.47. The first-order valence-electron chi connectivity index (χ1n) is 7.67. The maximum atomic E-state index is 12.9. The zero-order chi connectivity index (χ0) is 18.0. The van der Waals surface area contributed by atoms with E-state index in [-0.39, 0.29) is 36.5 Å². The number of amides is 1. The summed E-state index contributed by atoms with van der Waals surface area (Å²) in [5.41, 5.74) is 0.693. The van der Waals surface area contributed by atoms with Crippen LogP contribution in [-0.4, -0.2) is 33.1 Å². The molecule has 1 aliphatic rings. The van der Waals surface area contributed by atoms with Crippen LogP contribution in [0.4, 0.5) is 14.6 Å². The van der Waals surface area contributed by atoms with Crippen molar-refractivity contribution in [1.82, 2.24) is 15.2 Å². The maximum absolute atomic E-state index is 12.9. The van der Waals surface area contributed by atoms with Gasteiger partial charge in [-0.25, -0.2) is 13.9 Å². The lowest BCUT2D eigenvalue weighted by atomic mass is 9.91. The lowest BCUT2D eigenvalue weighted by molar-refractivity contribution is -0.134. The summed E-state index contributed by atoms with van der Waals surface area (Å²) in [6, 6.07) is 5.82. The third-order valence-corrected chi connectivity index (χ3v) is 3.62. The van der Waals surface area contributed by atoms with Crippen molar-refractivity contribution in [3.05, 3.63) is 46.0 Å². The molecule has 0 saturated heterocycles. The van der Waals surface area contributed by atoms with Gasteiger partial charge in [0.05, 0.1) is 12.1 Å². The molecule has 2 N–H and O–H groups in total. The monoisotopic (exact) mass is 350 g/mol. The number of pyridine rings is 1. The minimum absolute atomic E-state index is 0.0420. The van der Waals surface area contributed by atoms with Gasteiger partial charge in [0.2, 0.25) is 5.91 Å². The van der Waals surface area contributed by atoms with Gasteiger partial charge in [-0.3, -0.25) is 14.6 Å². The molecule has 1 amide bonds. The van der Waals surface area contributed by atoms with Gasteiger partial charge in [0.15, 0.2) is 5.82 Å². The molecule has 0 atom stereocenters. The average molecular weight is 350 g/mol. The molecule has 0 unspecified atom stereocenters. The minimum atomic E-state index is -2.65. The average Bonchev–Trinajstić information content (AvgIpc) is 2.47. The molecule has 3 rings (SSSR count). The molecule has 2 heterocycles. The standard InChI is InChI=1S/C16H16F2N4O3/c1-9-4-11(25-12-7-16(17,18)8-12)5-10(19-9)6-15(24)20-13-2-3-14(23)22-21-13/h2-5,12H,6-8H2,1H3,(H,22,23)(H,20,21,24). The molecule has 0 bridgehead atoms. The zero-order valence-electron chi connectivity index (χ0n) is 13.4. The Balaban J connectivity index is 1.62. The normalized spacial score (nSPS) is 16.1. The third kappa shape index (κ3) is 4.59. The van der Waals surface area contributed by atoms with E-state index in [4.69, 9.17) is 4.74 Å². The minimum Gasteiger partial charge on any atom is -0.490 e. The number of carbonyl (C=O) groups is 1. The van der Waals surface area contributed by atoms with E-state index >= 15 is 0 Å². The van der Waals surface area contributed by atoms with Gasteiger partial charge in [-0.15, -0.1) is 0 Å². The predicted octanol–water partition coefficient (Wildman–Crippen LogP) is 1.83. The topological polar surface area (TPSA) is 97.0 Å². The van der Waals surface area contributed by atoms with E-state index in [2.05, 4.69) is 20.5 Å². The second kappa shape index (κ2) is 6.58. The summed E-state index contributed by atoms with van der Waals surface area (Å²) < 4.78 is 31.3. The van der Waals surface area contributed by atoms with Crippen LogP contribution in [0, 0.1) is 6.92 Å². The van der Waals surface area contributed by atoms with E-state index in [1.165, 1.54) is 12.1 Å². The molecule has 1 aliphatic carbocycles. The Hall–Kier alpha value is -2.84. The van der Waals surface area contributed by atoms with E-state index in [0.717, 1.165) is 0 Å². The Morgan fingerprint density at radius 2 is 2.16 bits per heavy atom. The number of hydrogen-bond donors (Lipinski definition) is 2. The quantitative estimate of drug-likeness (QED) is 0.857. The van der Waals surface area contributed by atoms with Crippen LogP contribution in [0.1, 0.15) is 24.2 Å². The molecule has 1 fully saturated rings. The molecule has 0 spiro atoms. The smallest absolute Gasteiger partial charge is 0.264 e. The van der Waals surface area contributed by atoms with Crippen LogP contribution >= 0.6 is 0 Å². The maximum Gasteiger partial charge on any atom is 0.264 e. The van der Waals surface area contributed by atoms with Crippen molar-refractivity contribution in [1.29, 1.82) is 0 Å². The van der Waals surface area contributed by atoms with Crippen molar-refractivity contribution in [2.75, 3.05) is 5.32 Å². The van der Waals surface area contributed by atoms with Gasteiger partial charge in [0, 0.05) is 36.7 Å². The van der Waals surface area contributed by atoms with Crippen LogP contribution in [0.5, 0.6) is 5.75 Å². The van der Waals surface area contributed by atoms with E-state index in [1.54, 1.807) is 19.1 Å². The summed E-state index contributed by atoms with van der Waals surface area (Å²) in [5.74, 6) is -2.40. The molecule has 0 radical (unpaired) electrons. The molecule has 7 nitrogen and oxygen atoms in total. The second-order valence-electron chi connectivity index (χ2n) is 5.97. The van der Waals surface area contributed by atoms with Gasteiger partial charge in [-0.2, -0.15) is 5.10 Å². The van der Waals surface area contributed by atoms with Crippen molar-refractivity contribution < 1.29 is 18.3 Å². The molecular weight excluding hydrogens is 334 g/mol. The Labute approximate surface area is 141 Å². The van der Waals surface area contributed by atoms with Crippen molar-refractivity contribution in [2.24, 2.45) is 0 Å². The van der Waals surface area contributed by atoms with Crippen molar-refractivity contribution in [2.45, 2.75) is 38.2 Å². The van der Waals surface area contributed by atoms with Crippen LogP contribution in [-0.2, 0) is 11.2 Å². The van der Waals surface area contributed by atoms with Crippen LogP contribution in [0.3, 0.4) is 0 Å². The fourth-order valence-electron chi connectivity index (χ4n) is 2.51. The van der Waals surface area contributed by atoms with Crippen molar-refractivity contribution >= 4 is 11.7 Å². The molecule has 25 heavy (non-hydrogen) atoms.